The molecule has 3 nitrogen and oxygen atoms in total. The zero-order chi connectivity index (χ0) is 20.5. The Balaban J connectivity index is 2.13. The Labute approximate surface area is 175 Å². The van der Waals surface area contributed by atoms with E-state index in [1.807, 2.05) is 0 Å². The molecule has 0 N–H and O–H groups in total. The molecule has 0 saturated heterocycles. The van der Waals surface area contributed by atoms with Gasteiger partial charge >= 0.3 is 0 Å². The second-order valence-electron chi connectivity index (χ2n) is 7.92. The molecule has 1 aromatic carbocycles. The Morgan fingerprint density at radius 3 is 1.79 bits per heavy atom. The minimum Gasteiger partial charge on any atom is -0.494 e. The van der Waals surface area contributed by atoms with Gasteiger partial charge in [-0.05, 0) is 76.1 Å². The summed E-state index contributed by atoms with van der Waals surface area (Å²) in [5.41, 5.74) is 1.37. The maximum atomic E-state index is 5.93. The molecule has 162 valence electrons. The van der Waals surface area contributed by atoms with Crippen LogP contribution in [0.15, 0.2) is 24.3 Å². The van der Waals surface area contributed by atoms with E-state index in [-0.39, 0.29) is 0 Å². The molecule has 0 aromatic heterocycles. The average Bonchev–Trinajstić information content (AvgIpc) is 2.73. The lowest BCUT2D eigenvalue weighted by atomic mass is 10.1. The Bertz CT molecular complexity index is 448. The van der Waals surface area contributed by atoms with Crippen LogP contribution in [0.4, 0.5) is 0 Å². The SMILES string of the molecule is CCCCN(CCCC)CCCCCCOc1ccc(CN(CC)CC)cc1. The highest BCUT2D eigenvalue weighted by molar-refractivity contribution is 5.27. The van der Waals surface area contributed by atoms with E-state index in [9.17, 15) is 0 Å². The highest BCUT2D eigenvalue weighted by Gasteiger charge is 2.04. The van der Waals surface area contributed by atoms with Crippen LogP contribution in [0, 0.1) is 0 Å². The lowest BCUT2D eigenvalue weighted by Crippen LogP contribution is -2.27. The number of nitrogens with zero attached hydrogens (tertiary/aromatic N) is 2. The smallest absolute Gasteiger partial charge is 0.119 e. The summed E-state index contributed by atoms with van der Waals surface area (Å²) in [6.07, 6.45) is 10.4. The Hall–Kier alpha value is -1.06. The van der Waals surface area contributed by atoms with Crippen LogP contribution in [0.3, 0.4) is 0 Å². The van der Waals surface area contributed by atoms with Crippen molar-refractivity contribution in [2.75, 3.05) is 39.3 Å². The highest BCUT2D eigenvalue weighted by Crippen LogP contribution is 2.14. The topological polar surface area (TPSA) is 15.7 Å². The first-order chi connectivity index (χ1) is 13.7. The van der Waals surface area contributed by atoms with Crippen LogP contribution < -0.4 is 4.74 Å². The highest BCUT2D eigenvalue weighted by atomic mass is 16.5. The molecule has 0 atom stereocenters. The van der Waals surface area contributed by atoms with Gasteiger partial charge < -0.3 is 9.64 Å². The number of benzene rings is 1. The first-order valence-corrected chi connectivity index (χ1v) is 11.9. The third-order valence-corrected chi connectivity index (χ3v) is 5.52. The molecule has 0 amide bonds. The van der Waals surface area contributed by atoms with Crippen LogP contribution >= 0.6 is 0 Å². The van der Waals surface area contributed by atoms with E-state index in [0.29, 0.717) is 0 Å². The molecule has 3 heteroatoms. The molecule has 1 aromatic rings. The standard InChI is InChI=1S/C25H46N2O/c1-5-9-19-27(20-10-6-2)21-13-11-12-14-22-28-25-17-15-24(16-18-25)23-26(7-3)8-4/h15-18H,5-14,19-23H2,1-4H3. The lowest BCUT2D eigenvalue weighted by Gasteiger charge is -2.21. The van der Waals surface area contributed by atoms with E-state index in [1.54, 1.807) is 0 Å². The number of rotatable bonds is 18. The fourth-order valence-electron chi connectivity index (χ4n) is 3.48. The van der Waals surface area contributed by atoms with Crippen molar-refractivity contribution in [3.63, 3.8) is 0 Å². The molecule has 0 heterocycles. The van der Waals surface area contributed by atoms with Gasteiger partial charge in [0.05, 0.1) is 6.61 Å². The molecule has 0 bridgehead atoms. The van der Waals surface area contributed by atoms with E-state index < -0.39 is 0 Å². The van der Waals surface area contributed by atoms with Crippen molar-refractivity contribution < 1.29 is 4.74 Å². The van der Waals surface area contributed by atoms with E-state index in [0.717, 1.165) is 38.4 Å². The van der Waals surface area contributed by atoms with Gasteiger partial charge in [-0.3, -0.25) is 4.90 Å². The van der Waals surface area contributed by atoms with Crippen molar-refractivity contribution in [2.45, 2.75) is 85.6 Å². The molecule has 0 aliphatic carbocycles. The molecule has 0 unspecified atom stereocenters. The quantitative estimate of drug-likeness (QED) is 0.271. The van der Waals surface area contributed by atoms with E-state index in [4.69, 9.17) is 4.74 Å². The van der Waals surface area contributed by atoms with Crippen molar-refractivity contribution in [3.8, 4) is 5.75 Å². The predicted octanol–water partition coefficient (Wildman–Crippen LogP) is 6.37. The minimum atomic E-state index is 0.838. The summed E-state index contributed by atoms with van der Waals surface area (Å²) in [5.74, 6) is 1.01. The molecule has 0 radical (unpaired) electrons. The molecular weight excluding hydrogens is 344 g/mol. The summed E-state index contributed by atoms with van der Waals surface area (Å²) in [4.78, 5) is 5.10. The molecule has 1 rings (SSSR count). The molecule has 0 spiro atoms. The van der Waals surface area contributed by atoms with Gasteiger partial charge in [0.25, 0.3) is 0 Å². The number of unbranched alkanes of at least 4 members (excludes halogenated alkanes) is 5. The van der Waals surface area contributed by atoms with Gasteiger partial charge in [-0.2, -0.15) is 0 Å². The van der Waals surface area contributed by atoms with Crippen molar-refractivity contribution >= 4 is 0 Å². The summed E-state index contributed by atoms with van der Waals surface area (Å²) < 4.78 is 5.93. The molecular formula is C25H46N2O. The number of hydrogen-bond acceptors (Lipinski definition) is 3. The van der Waals surface area contributed by atoms with Crippen molar-refractivity contribution in [3.05, 3.63) is 29.8 Å². The Morgan fingerprint density at radius 1 is 0.643 bits per heavy atom. The zero-order valence-corrected chi connectivity index (χ0v) is 19.2. The maximum absolute atomic E-state index is 5.93. The summed E-state index contributed by atoms with van der Waals surface area (Å²) in [7, 11) is 0. The van der Waals surface area contributed by atoms with Gasteiger partial charge in [0.15, 0.2) is 0 Å². The lowest BCUT2D eigenvalue weighted by molar-refractivity contribution is 0.256. The number of hydrogen-bond donors (Lipinski definition) is 0. The zero-order valence-electron chi connectivity index (χ0n) is 19.2. The normalized spacial score (nSPS) is 11.5. The summed E-state index contributed by atoms with van der Waals surface area (Å²) in [6, 6.07) is 8.65. The van der Waals surface area contributed by atoms with Crippen LogP contribution in [0.25, 0.3) is 0 Å². The molecule has 0 aliphatic rings. The first kappa shape index (κ1) is 25.0. The maximum Gasteiger partial charge on any atom is 0.119 e. The minimum absolute atomic E-state index is 0.838. The van der Waals surface area contributed by atoms with E-state index >= 15 is 0 Å². The number of ether oxygens (including phenoxy) is 1. The third kappa shape index (κ3) is 11.7. The molecule has 28 heavy (non-hydrogen) atoms. The summed E-state index contributed by atoms with van der Waals surface area (Å²) in [6.45, 7) is 16.9. The summed E-state index contributed by atoms with van der Waals surface area (Å²) in [5, 5.41) is 0. The van der Waals surface area contributed by atoms with Crippen LogP contribution in [0.2, 0.25) is 0 Å². The Morgan fingerprint density at radius 2 is 1.21 bits per heavy atom. The largest absolute Gasteiger partial charge is 0.494 e. The van der Waals surface area contributed by atoms with Gasteiger partial charge in [0.2, 0.25) is 0 Å². The van der Waals surface area contributed by atoms with Crippen LogP contribution in [0.5, 0.6) is 5.75 Å². The van der Waals surface area contributed by atoms with Gasteiger partial charge in [0.1, 0.15) is 5.75 Å². The predicted molar refractivity (Wildman–Crippen MR) is 123 cm³/mol. The summed E-state index contributed by atoms with van der Waals surface area (Å²) >= 11 is 0. The van der Waals surface area contributed by atoms with Crippen LogP contribution in [-0.4, -0.2) is 49.1 Å². The molecule has 0 aliphatic heterocycles. The van der Waals surface area contributed by atoms with Gasteiger partial charge in [-0.25, -0.2) is 0 Å². The van der Waals surface area contributed by atoms with E-state index in [1.165, 1.54) is 70.1 Å². The third-order valence-electron chi connectivity index (χ3n) is 5.52. The monoisotopic (exact) mass is 390 g/mol. The van der Waals surface area contributed by atoms with Gasteiger partial charge in [-0.1, -0.05) is 65.5 Å². The fraction of sp³-hybridized carbons (Fsp3) is 0.760. The average molecular weight is 391 g/mol. The van der Waals surface area contributed by atoms with Crippen molar-refractivity contribution in [1.82, 2.24) is 9.80 Å². The van der Waals surface area contributed by atoms with Crippen LogP contribution in [0.1, 0.15) is 84.6 Å². The molecule has 0 fully saturated rings. The second kappa shape index (κ2) is 16.9. The van der Waals surface area contributed by atoms with Crippen molar-refractivity contribution in [2.24, 2.45) is 0 Å². The van der Waals surface area contributed by atoms with Crippen molar-refractivity contribution in [1.29, 1.82) is 0 Å². The van der Waals surface area contributed by atoms with Crippen LogP contribution in [-0.2, 0) is 6.54 Å². The fourth-order valence-corrected chi connectivity index (χ4v) is 3.48. The molecule has 0 saturated carbocycles. The Kier molecular flexibility index (Phi) is 15.0. The van der Waals surface area contributed by atoms with Gasteiger partial charge in [0, 0.05) is 6.54 Å². The van der Waals surface area contributed by atoms with Gasteiger partial charge in [-0.15, -0.1) is 0 Å². The van der Waals surface area contributed by atoms with E-state index in [2.05, 4.69) is 61.8 Å². The first-order valence-electron chi connectivity index (χ1n) is 11.9. The second-order valence-corrected chi connectivity index (χ2v) is 7.92.